The maximum Gasteiger partial charge on any atom is 0.230 e. The predicted molar refractivity (Wildman–Crippen MR) is 104 cm³/mol. The molecule has 0 spiro atoms. The van der Waals surface area contributed by atoms with Crippen LogP contribution in [0.1, 0.15) is 5.69 Å². The Kier molecular flexibility index (Phi) is 4.72. The minimum Gasteiger partial charge on any atom is -0.497 e. The summed E-state index contributed by atoms with van der Waals surface area (Å²) in [4.78, 5) is 12.4. The molecule has 2 aromatic carbocycles. The van der Waals surface area contributed by atoms with Crippen molar-refractivity contribution in [1.29, 1.82) is 0 Å². The third-order valence-corrected chi connectivity index (χ3v) is 4.25. The summed E-state index contributed by atoms with van der Waals surface area (Å²) in [5, 5.41) is 7.75. The van der Waals surface area contributed by atoms with Crippen LogP contribution < -0.4 is 14.8 Å². The third kappa shape index (κ3) is 3.55. The Balaban J connectivity index is 1.49. The largest absolute Gasteiger partial charge is 0.497 e. The van der Waals surface area contributed by atoms with E-state index in [9.17, 15) is 4.79 Å². The lowest BCUT2D eigenvalue weighted by molar-refractivity contribution is -0.115. The molecule has 0 aliphatic rings. The van der Waals surface area contributed by atoms with Gasteiger partial charge in [0.05, 0.1) is 32.0 Å². The number of hydrogen-bond donors (Lipinski definition) is 1. The summed E-state index contributed by atoms with van der Waals surface area (Å²) in [7, 11) is 3.09. The highest BCUT2D eigenvalue weighted by Gasteiger charge is 2.15. The fraction of sp³-hybridized carbons (Fsp3) is 0.143. The number of furan rings is 1. The van der Waals surface area contributed by atoms with Crippen molar-refractivity contribution in [3.8, 4) is 23.0 Å². The zero-order valence-corrected chi connectivity index (χ0v) is 15.4. The number of hydrogen-bond acceptors (Lipinski definition) is 6. The number of ether oxygens (including phenoxy) is 2. The maximum atomic E-state index is 12.4. The molecule has 7 heteroatoms. The topological polar surface area (TPSA) is 86.7 Å². The first-order valence-electron chi connectivity index (χ1n) is 8.62. The second kappa shape index (κ2) is 7.48. The maximum absolute atomic E-state index is 12.4. The van der Waals surface area contributed by atoms with Gasteiger partial charge in [-0.25, -0.2) is 0 Å². The molecule has 7 nitrogen and oxygen atoms in total. The van der Waals surface area contributed by atoms with E-state index >= 15 is 0 Å². The minimum absolute atomic E-state index is 0.0457. The van der Waals surface area contributed by atoms with E-state index in [1.165, 1.54) is 7.11 Å². The van der Waals surface area contributed by atoms with E-state index in [0.29, 0.717) is 34.4 Å². The van der Waals surface area contributed by atoms with Crippen LogP contribution in [-0.2, 0) is 11.2 Å². The SMILES string of the molecule is COc1ccc(OC)c(NC(=O)Cc2cc(-c3cc4ccccc4o3)on2)c1. The first-order chi connectivity index (χ1) is 13.7. The van der Waals surface area contributed by atoms with Crippen molar-refractivity contribution in [2.75, 3.05) is 19.5 Å². The molecule has 0 aliphatic heterocycles. The Labute approximate surface area is 160 Å². The Bertz CT molecular complexity index is 1100. The summed E-state index contributed by atoms with van der Waals surface area (Å²) in [5.41, 5.74) is 1.78. The van der Waals surface area contributed by atoms with Crippen molar-refractivity contribution < 1.29 is 23.2 Å². The molecular weight excluding hydrogens is 360 g/mol. The van der Waals surface area contributed by atoms with Crippen LogP contribution in [0.5, 0.6) is 11.5 Å². The number of benzene rings is 2. The van der Waals surface area contributed by atoms with Crippen LogP contribution in [0.3, 0.4) is 0 Å². The smallest absolute Gasteiger partial charge is 0.230 e. The van der Waals surface area contributed by atoms with Crippen molar-refractivity contribution in [2.45, 2.75) is 6.42 Å². The van der Waals surface area contributed by atoms with Crippen LogP contribution in [0.25, 0.3) is 22.5 Å². The molecule has 0 atom stereocenters. The summed E-state index contributed by atoms with van der Waals surface area (Å²) < 4.78 is 21.6. The normalized spacial score (nSPS) is 10.8. The molecule has 2 aromatic heterocycles. The molecular formula is C21H18N2O5. The zero-order chi connectivity index (χ0) is 19.5. The predicted octanol–water partition coefficient (Wildman–Crippen LogP) is 4.29. The summed E-state index contributed by atoms with van der Waals surface area (Å²) in [6.45, 7) is 0. The Morgan fingerprint density at radius 3 is 2.68 bits per heavy atom. The van der Waals surface area contributed by atoms with Gasteiger partial charge in [0.15, 0.2) is 5.76 Å². The van der Waals surface area contributed by atoms with Gasteiger partial charge in [0.2, 0.25) is 11.7 Å². The quantitative estimate of drug-likeness (QED) is 0.539. The second-order valence-electron chi connectivity index (χ2n) is 6.12. The summed E-state index contributed by atoms with van der Waals surface area (Å²) in [6.07, 6.45) is 0.0457. The molecule has 0 aliphatic carbocycles. The standard InChI is InChI=1S/C21H18N2O5/c1-25-15-7-8-18(26-2)16(12-15)22-21(24)11-14-10-20(28-23-14)19-9-13-5-3-4-6-17(13)27-19/h3-10,12H,11H2,1-2H3,(H,22,24). The Hall–Kier alpha value is -3.74. The van der Waals surface area contributed by atoms with Crippen LogP contribution in [0.2, 0.25) is 0 Å². The number of nitrogens with one attached hydrogen (secondary N) is 1. The highest BCUT2D eigenvalue weighted by molar-refractivity contribution is 5.94. The Morgan fingerprint density at radius 1 is 1.04 bits per heavy atom. The lowest BCUT2D eigenvalue weighted by Crippen LogP contribution is -2.15. The lowest BCUT2D eigenvalue weighted by Gasteiger charge is -2.11. The van der Waals surface area contributed by atoms with E-state index < -0.39 is 0 Å². The molecule has 1 N–H and O–H groups in total. The summed E-state index contributed by atoms with van der Waals surface area (Å²) in [5.74, 6) is 1.94. The monoisotopic (exact) mass is 378 g/mol. The number of carbonyl (C=O) groups is 1. The van der Waals surface area contributed by atoms with Gasteiger partial charge in [-0.15, -0.1) is 0 Å². The molecule has 0 fully saturated rings. The van der Waals surface area contributed by atoms with Crippen molar-refractivity contribution in [3.63, 3.8) is 0 Å². The molecule has 2 heterocycles. The Morgan fingerprint density at radius 2 is 1.89 bits per heavy atom. The fourth-order valence-electron chi connectivity index (χ4n) is 2.89. The number of rotatable bonds is 6. The van der Waals surface area contributed by atoms with E-state index in [1.54, 1.807) is 31.4 Å². The molecule has 142 valence electrons. The zero-order valence-electron chi connectivity index (χ0n) is 15.4. The molecule has 0 saturated carbocycles. The van der Waals surface area contributed by atoms with Gasteiger partial charge in [-0.2, -0.15) is 0 Å². The number of methoxy groups -OCH3 is 2. The van der Waals surface area contributed by atoms with E-state index in [2.05, 4.69) is 10.5 Å². The third-order valence-electron chi connectivity index (χ3n) is 4.25. The highest BCUT2D eigenvalue weighted by atomic mass is 16.5. The number of nitrogens with zero attached hydrogens (tertiary/aromatic N) is 1. The van der Waals surface area contributed by atoms with Gasteiger partial charge in [-0.05, 0) is 24.3 Å². The minimum atomic E-state index is -0.254. The van der Waals surface area contributed by atoms with Gasteiger partial charge in [0.1, 0.15) is 17.1 Å². The van der Waals surface area contributed by atoms with Crippen molar-refractivity contribution in [2.24, 2.45) is 0 Å². The van der Waals surface area contributed by atoms with Crippen molar-refractivity contribution >= 4 is 22.6 Å². The van der Waals surface area contributed by atoms with Crippen LogP contribution in [0.15, 0.2) is 63.5 Å². The molecule has 1 amide bonds. The molecule has 0 radical (unpaired) electrons. The molecule has 0 unspecified atom stereocenters. The highest BCUT2D eigenvalue weighted by Crippen LogP contribution is 2.30. The summed E-state index contributed by atoms with van der Waals surface area (Å²) in [6, 6.07) is 16.4. The molecule has 28 heavy (non-hydrogen) atoms. The molecule has 4 aromatic rings. The van der Waals surface area contributed by atoms with Crippen LogP contribution in [0, 0.1) is 0 Å². The molecule has 4 rings (SSSR count). The average molecular weight is 378 g/mol. The number of fused-ring (bicyclic) bond motifs is 1. The molecule has 0 bridgehead atoms. The van der Waals surface area contributed by atoms with Gasteiger partial charge < -0.3 is 23.7 Å². The van der Waals surface area contributed by atoms with Crippen LogP contribution in [-0.4, -0.2) is 25.3 Å². The molecule has 0 saturated heterocycles. The second-order valence-corrected chi connectivity index (χ2v) is 6.12. The van der Waals surface area contributed by atoms with Gasteiger partial charge in [0, 0.05) is 17.5 Å². The van der Waals surface area contributed by atoms with E-state index in [-0.39, 0.29) is 12.3 Å². The summed E-state index contributed by atoms with van der Waals surface area (Å²) >= 11 is 0. The van der Waals surface area contributed by atoms with Gasteiger partial charge >= 0.3 is 0 Å². The van der Waals surface area contributed by atoms with Gasteiger partial charge in [-0.3, -0.25) is 4.79 Å². The first-order valence-corrected chi connectivity index (χ1v) is 8.62. The number of carbonyl (C=O) groups excluding carboxylic acids is 1. The van der Waals surface area contributed by atoms with Crippen LogP contribution >= 0.6 is 0 Å². The van der Waals surface area contributed by atoms with Crippen molar-refractivity contribution in [3.05, 3.63) is 60.3 Å². The lowest BCUT2D eigenvalue weighted by atomic mass is 10.2. The number of anilines is 1. The van der Waals surface area contributed by atoms with Gasteiger partial charge in [0.25, 0.3) is 0 Å². The van der Waals surface area contributed by atoms with Crippen LogP contribution in [0.4, 0.5) is 5.69 Å². The first kappa shape index (κ1) is 17.7. The average Bonchev–Trinajstić information content (AvgIpc) is 3.34. The van der Waals surface area contributed by atoms with E-state index in [4.69, 9.17) is 18.4 Å². The van der Waals surface area contributed by atoms with E-state index in [0.717, 1.165) is 11.0 Å². The number of aromatic nitrogens is 1. The van der Waals surface area contributed by atoms with Crippen molar-refractivity contribution in [1.82, 2.24) is 5.16 Å². The van der Waals surface area contributed by atoms with E-state index in [1.807, 2.05) is 30.3 Å². The fourth-order valence-corrected chi connectivity index (χ4v) is 2.89. The number of amides is 1. The number of para-hydroxylation sites is 1. The van der Waals surface area contributed by atoms with Gasteiger partial charge in [-0.1, -0.05) is 23.4 Å².